The van der Waals surface area contributed by atoms with Crippen LogP contribution in [0, 0.1) is 10.8 Å². The first kappa shape index (κ1) is 17.1. The molecule has 23 heavy (non-hydrogen) atoms. The molecule has 0 unspecified atom stereocenters. The summed E-state index contributed by atoms with van der Waals surface area (Å²) < 4.78 is 23.0. The molecule has 0 heterocycles. The van der Waals surface area contributed by atoms with Crippen molar-refractivity contribution >= 4 is 38.9 Å². The quantitative estimate of drug-likeness (QED) is 0.806. The number of hydrogen-bond acceptors (Lipinski definition) is 4. The minimum atomic E-state index is -3.27. The Bertz CT molecular complexity index is 868. The Balaban J connectivity index is 2.41. The molecule has 0 aliphatic heterocycles. The highest BCUT2D eigenvalue weighted by Crippen LogP contribution is 2.22. The van der Waals surface area contributed by atoms with Gasteiger partial charge >= 0.3 is 0 Å². The minimum Gasteiger partial charge on any atom is -0.309 e. The van der Waals surface area contributed by atoms with E-state index in [1.807, 2.05) is 0 Å². The van der Waals surface area contributed by atoms with Crippen LogP contribution in [0.25, 0.3) is 5.57 Å². The van der Waals surface area contributed by atoms with E-state index in [0.29, 0.717) is 16.2 Å². The van der Waals surface area contributed by atoms with E-state index < -0.39 is 9.84 Å². The summed E-state index contributed by atoms with van der Waals surface area (Å²) in [5.74, 6) is 0. The molecule has 0 atom stereocenters. The van der Waals surface area contributed by atoms with Gasteiger partial charge < -0.3 is 5.41 Å². The highest BCUT2D eigenvalue weighted by molar-refractivity contribution is 7.90. The first-order chi connectivity index (χ1) is 10.8. The Morgan fingerprint density at radius 3 is 2.00 bits per heavy atom. The number of benzene rings is 2. The maximum Gasteiger partial charge on any atom is 0.175 e. The Hall–Kier alpha value is -2.24. The Morgan fingerprint density at radius 1 is 1.00 bits per heavy atom. The smallest absolute Gasteiger partial charge is 0.175 e. The van der Waals surface area contributed by atoms with Gasteiger partial charge in [0, 0.05) is 28.6 Å². The summed E-state index contributed by atoms with van der Waals surface area (Å²) in [5.41, 5.74) is 2.09. The maximum atomic E-state index is 11.5. The zero-order chi connectivity index (χ0) is 17.0. The third kappa shape index (κ3) is 4.15. The molecule has 0 bridgehead atoms. The summed E-state index contributed by atoms with van der Waals surface area (Å²) in [5, 5.41) is 16.2. The fraction of sp³-hybridized carbons (Fsp3) is 0.0588. The van der Waals surface area contributed by atoms with Gasteiger partial charge in [-0.1, -0.05) is 35.9 Å². The van der Waals surface area contributed by atoms with Gasteiger partial charge in [-0.05, 0) is 35.9 Å². The minimum absolute atomic E-state index is 0.205. The van der Waals surface area contributed by atoms with E-state index in [4.69, 9.17) is 22.4 Å². The summed E-state index contributed by atoms with van der Waals surface area (Å²) in [6.07, 6.45) is 3.78. The predicted octanol–water partition coefficient (Wildman–Crippen LogP) is 3.84. The van der Waals surface area contributed by atoms with Crippen LogP contribution < -0.4 is 0 Å². The molecule has 4 nitrogen and oxygen atoms in total. The second-order valence-corrected chi connectivity index (χ2v) is 7.38. The maximum absolute atomic E-state index is 11.5. The lowest BCUT2D eigenvalue weighted by molar-refractivity contribution is 0.602. The van der Waals surface area contributed by atoms with E-state index in [2.05, 4.69) is 0 Å². The number of halogens is 1. The van der Waals surface area contributed by atoms with Crippen LogP contribution in [-0.2, 0) is 9.84 Å². The highest BCUT2D eigenvalue weighted by Gasteiger charge is 2.12. The molecule has 0 saturated heterocycles. The summed E-state index contributed by atoms with van der Waals surface area (Å²) >= 11 is 5.88. The van der Waals surface area contributed by atoms with Gasteiger partial charge in [0.2, 0.25) is 0 Å². The van der Waals surface area contributed by atoms with E-state index >= 15 is 0 Å². The van der Waals surface area contributed by atoms with Crippen LogP contribution in [0.2, 0.25) is 5.02 Å². The van der Waals surface area contributed by atoms with Crippen molar-refractivity contribution in [1.29, 1.82) is 10.8 Å². The van der Waals surface area contributed by atoms with Gasteiger partial charge in [-0.15, -0.1) is 0 Å². The van der Waals surface area contributed by atoms with Crippen molar-refractivity contribution in [2.45, 2.75) is 4.90 Å². The van der Waals surface area contributed by atoms with Gasteiger partial charge in [0.1, 0.15) is 0 Å². The fourth-order valence-corrected chi connectivity index (χ4v) is 2.82. The standard InChI is InChI=1S/C17H15ClN2O2S/c1-23(21,22)15-8-4-13(5-9-15)17(20)16(10-11-19)12-2-6-14(18)7-3-12/h2-11,19-20H,1H3/b16-10-,19-11?,20-17?. The van der Waals surface area contributed by atoms with Crippen LogP contribution in [0.15, 0.2) is 59.5 Å². The normalized spacial score (nSPS) is 12.0. The molecule has 0 amide bonds. The molecule has 2 N–H and O–H groups in total. The average Bonchev–Trinajstić information content (AvgIpc) is 2.52. The monoisotopic (exact) mass is 346 g/mol. The van der Waals surface area contributed by atoms with Crippen LogP contribution in [0.1, 0.15) is 11.1 Å². The topological polar surface area (TPSA) is 81.8 Å². The lowest BCUT2D eigenvalue weighted by Gasteiger charge is -2.10. The molecule has 0 aliphatic carbocycles. The fourth-order valence-electron chi connectivity index (χ4n) is 2.06. The van der Waals surface area contributed by atoms with E-state index in [9.17, 15) is 8.42 Å². The van der Waals surface area contributed by atoms with Gasteiger partial charge in [0.05, 0.1) is 10.6 Å². The van der Waals surface area contributed by atoms with Crippen LogP contribution in [0.3, 0.4) is 0 Å². The second-order valence-electron chi connectivity index (χ2n) is 4.93. The van der Waals surface area contributed by atoms with Crippen LogP contribution in [0.5, 0.6) is 0 Å². The molecule has 0 aliphatic rings. The van der Waals surface area contributed by atoms with Gasteiger partial charge in [0.25, 0.3) is 0 Å². The van der Waals surface area contributed by atoms with Crippen molar-refractivity contribution in [3.8, 4) is 0 Å². The Kier molecular flexibility index (Phi) is 5.13. The number of nitrogens with one attached hydrogen (secondary N) is 2. The van der Waals surface area contributed by atoms with Crippen molar-refractivity contribution in [3.63, 3.8) is 0 Å². The van der Waals surface area contributed by atoms with Crippen LogP contribution in [-0.4, -0.2) is 26.6 Å². The van der Waals surface area contributed by atoms with Gasteiger partial charge in [0.15, 0.2) is 9.84 Å². The van der Waals surface area contributed by atoms with E-state index in [1.165, 1.54) is 18.2 Å². The molecule has 0 spiro atoms. The first-order valence-corrected chi connectivity index (χ1v) is 8.96. The largest absolute Gasteiger partial charge is 0.309 e. The summed E-state index contributed by atoms with van der Waals surface area (Å²) in [7, 11) is -3.27. The lowest BCUT2D eigenvalue weighted by atomic mass is 9.96. The van der Waals surface area contributed by atoms with Crippen molar-refractivity contribution in [3.05, 3.63) is 70.8 Å². The zero-order valence-electron chi connectivity index (χ0n) is 12.4. The number of sulfone groups is 1. The van der Waals surface area contributed by atoms with Crippen LogP contribution in [0.4, 0.5) is 0 Å². The van der Waals surface area contributed by atoms with E-state index in [-0.39, 0.29) is 10.6 Å². The molecule has 2 aromatic rings. The SMILES string of the molecule is CS(=O)(=O)c1ccc(C(=N)/C(=C\C=N)c2ccc(Cl)cc2)cc1. The zero-order valence-corrected chi connectivity index (χ0v) is 13.9. The Labute approximate surface area is 140 Å². The molecular formula is C17H15ClN2O2S. The third-order valence-electron chi connectivity index (χ3n) is 3.25. The molecule has 2 rings (SSSR count). The van der Waals surface area contributed by atoms with Crippen molar-refractivity contribution < 1.29 is 8.42 Å². The number of rotatable bonds is 5. The molecule has 0 saturated carbocycles. The summed E-state index contributed by atoms with van der Waals surface area (Å²) in [6, 6.07) is 13.1. The van der Waals surface area contributed by atoms with Crippen LogP contribution >= 0.6 is 11.6 Å². The molecule has 118 valence electrons. The molecule has 2 aromatic carbocycles. The molecular weight excluding hydrogens is 332 g/mol. The molecule has 0 radical (unpaired) electrons. The lowest BCUT2D eigenvalue weighted by Crippen LogP contribution is -2.04. The Morgan fingerprint density at radius 2 is 1.52 bits per heavy atom. The van der Waals surface area contributed by atoms with Crippen molar-refractivity contribution in [1.82, 2.24) is 0 Å². The summed E-state index contributed by atoms with van der Waals surface area (Å²) in [6.45, 7) is 0. The van der Waals surface area contributed by atoms with Gasteiger partial charge in [-0.2, -0.15) is 0 Å². The van der Waals surface area contributed by atoms with Crippen molar-refractivity contribution in [2.24, 2.45) is 0 Å². The summed E-state index contributed by atoms with van der Waals surface area (Å²) in [4.78, 5) is 0.207. The highest BCUT2D eigenvalue weighted by atomic mass is 35.5. The average molecular weight is 347 g/mol. The van der Waals surface area contributed by atoms with Gasteiger partial charge in [-0.25, -0.2) is 8.42 Å². The van der Waals surface area contributed by atoms with E-state index in [0.717, 1.165) is 18.0 Å². The first-order valence-electron chi connectivity index (χ1n) is 6.69. The number of hydrogen-bond donors (Lipinski definition) is 2. The number of allylic oxidation sites excluding steroid dienone is 2. The van der Waals surface area contributed by atoms with Gasteiger partial charge in [-0.3, -0.25) is 5.41 Å². The molecule has 0 fully saturated rings. The second kappa shape index (κ2) is 6.89. The molecule has 0 aromatic heterocycles. The third-order valence-corrected chi connectivity index (χ3v) is 4.63. The predicted molar refractivity (Wildman–Crippen MR) is 94.6 cm³/mol. The van der Waals surface area contributed by atoms with Crippen molar-refractivity contribution in [2.75, 3.05) is 6.26 Å². The molecule has 6 heteroatoms. The van der Waals surface area contributed by atoms with E-state index in [1.54, 1.807) is 36.4 Å².